The molecule has 0 saturated carbocycles. The van der Waals surface area contributed by atoms with E-state index in [1.54, 1.807) is 12.1 Å². The molecule has 1 aromatic rings. The van der Waals surface area contributed by atoms with Crippen molar-refractivity contribution in [2.75, 3.05) is 11.4 Å². The highest BCUT2D eigenvalue weighted by molar-refractivity contribution is 5.88. The molecular formula is C16H26N2O2. The Morgan fingerprint density at radius 1 is 1.30 bits per heavy atom. The van der Waals surface area contributed by atoms with E-state index in [0.717, 1.165) is 30.9 Å². The maximum absolute atomic E-state index is 11.2. The van der Waals surface area contributed by atoms with Crippen molar-refractivity contribution in [1.82, 2.24) is 4.98 Å². The number of aromatic carboxylic acids is 1. The summed E-state index contributed by atoms with van der Waals surface area (Å²) in [4.78, 5) is 18.0. The molecule has 1 heterocycles. The number of unbranched alkanes of at least 4 members (excludes halogenated alkanes) is 2. The van der Waals surface area contributed by atoms with Crippen LogP contribution >= 0.6 is 0 Å². The lowest BCUT2D eigenvalue weighted by Gasteiger charge is -2.28. The molecule has 0 radical (unpaired) electrons. The lowest BCUT2D eigenvalue weighted by Crippen LogP contribution is -2.33. The molecule has 1 aromatic heterocycles. The molecule has 0 unspecified atom stereocenters. The summed E-state index contributed by atoms with van der Waals surface area (Å²) >= 11 is 0. The van der Waals surface area contributed by atoms with Gasteiger partial charge in [0.1, 0.15) is 5.82 Å². The van der Waals surface area contributed by atoms with Crippen molar-refractivity contribution >= 4 is 11.8 Å². The molecule has 0 amide bonds. The number of anilines is 1. The number of hydrogen-bond acceptors (Lipinski definition) is 3. The fourth-order valence-electron chi connectivity index (χ4n) is 2.19. The summed E-state index contributed by atoms with van der Waals surface area (Å²) in [5.74, 6) is -0.103. The van der Waals surface area contributed by atoms with Crippen LogP contribution in [0.1, 0.15) is 63.0 Å². The van der Waals surface area contributed by atoms with Crippen LogP contribution in [-0.2, 0) is 6.42 Å². The van der Waals surface area contributed by atoms with Crippen LogP contribution in [0.5, 0.6) is 0 Å². The van der Waals surface area contributed by atoms with Crippen molar-refractivity contribution in [3.8, 4) is 0 Å². The summed E-state index contributed by atoms with van der Waals surface area (Å²) in [5.41, 5.74) is 1.16. The molecule has 0 aliphatic heterocycles. The Morgan fingerprint density at radius 2 is 2.00 bits per heavy atom. The van der Waals surface area contributed by atoms with Gasteiger partial charge >= 0.3 is 5.97 Å². The Labute approximate surface area is 121 Å². The third-order valence-corrected chi connectivity index (χ3v) is 3.39. The molecule has 0 aromatic carbocycles. The Kier molecular flexibility index (Phi) is 6.49. The monoisotopic (exact) mass is 278 g/mol. The summed E-state index contributed by atoms with van der Waals surface area (Å²) in [7, 11) is 0. The summed E-state index contributed by atoms with van der Waals surface area (Å²) < 4.78 is 0. The van der Waals surface area contributed by atoms with E-state index in [1.807, 2.05) is 6.92 Å². The molecule has 0 fully saturated rings. The highest BCUT2D eigenvalue weighted by atomic mass is 16.4. The van der Waals surface area contributed by atoms with Gasteiger partial charge < -0.3 is 10.0 Å². The van der Waals surface area contributed by atoms with Gasteiger partial charge in [-0.3, -0.25) is 0 Å². The zero-order valence-electron chi connectivity index (χ0n) is 13.0. The molecular weight excluding hydrogens is 252 g/mol. The highest BCUT2D eigenvalue weighted by Gasteiger charge is 2.15. The van der Waals surface area contributed by atoms with Crippen molar-refractivity contribution in [3.05, 3.63) is 23.4 Å². The van der Waals surface area contributed by atoms with Crippen LogP contribution in [0.4, 0.5) is 5.82 Å². The van der Waals surface area contributed by atoms with Gasteiger partial charge in [0, 0.05) is 18.3 Å². The van der Waals surface area contributed by atoms with E-state index >= 15 is 0 Å². The maximum Gasteiger partial charge on any atom is 0.335 e. The number of rotatable bonds is 8. The highest BCUT2D eigenvalue weighted by Crippen LogP contribution is 2.19. The van der Waals surface area contributed by atoms with Crippen molar-refractivity contribution in [2.24, 2.45) is 0 Å². The second kappa shape index (κ2) is 7.88. The molecule has 0 aliphatic carbocycles. The van der Waals surface area contributed by atoms with Crippen LogP contribution in [-0.4, -0.2) is 28.6 Å². The van der Waals surface area contributed by atoms with E-state index in [4.69, 9.17) is 0 Å². The quantitative estimate of drug-likeness (QED) is 0.736. The molecule has 112 valence electrons. The van der Waals surface area contributed by atoms with Gasteiger partial charge in [0.05, 0.1) is 5.56 Å². The first-order chi connectivity index (χ1) is 9.49. The van der Waals surface area contributed by atoms with Gasteiger partial charge in [-0.2, -0.15) is 0 Å². The first kappa shape index (κ1) is 16.5. The molecule has 0 aliphatic rings. The topological polar surface area (TPSA) is 53.4 Å². The standard InChI is InChI=1S/C16H26N2O2/c1-5-7-8-9-18(12(3)4)15-11-13(16(19)20)10-14(6-2)17-15/h10-12H,5-9H2,1-4H3,(H,19,20). The first-order valence-electron chi connectivity index (χ1n) is 7.50. The van der Waals surface area contributed by atoms with Crippen LogP contribution in [0.15, 0.2) is 12.1 Å². The fraction of sp³-hybridized carbons (Fsp3) is 0.625. The fourth-order valence-corrected chi connectivity index (χ4v) is 2.19. The van der Waals surface area contributed by atoms with E-state index in [1.165, 1.54) is 12.8 Å². The predicted octanol–water partition coefficient (Wildman–Crippen LogP) is 3.75. The number of carbonyl (C=O) groups is 1. The van der Waals surface area contributed by atoms with Gasteiger partial charge in [-0.05, 0) is 38.8 Å². The minimum absolute atomic E-state index is 0.313. The Bertz CT molecular complexity index is 444. The van der Waals surface area contributed by atoms with Gasteiger partial charge in [-0.15, -0.1) is 0 Å². The molecule has 0 atom stereocenters. The molecule has 4 heteroatoms. The average molecular weight is 278 g/mol. The Hall–Kier alpha value is -1.58. The number of hydrogen-bond donors (Lipinski definition) is 1. The van der Waals surface area contributed by atoms with Crippen LogP contribution in [0.3, 0.4) is 0 Å². The summed E-state index contributed by atoms with van der Waals surface area (Å²) in [5, 5.41) is 9.22. The smallest absolute Gasteiger partial charge is 0.335 e. The van der Waals surface area contributed by atoms with E-state index in [9.17, 15) is 9.90 Å². The van der Waals surface area contributed by atoms with Crippen molar-refractivity contribution in [2.45, 2.75) is 59.4 Å². The predicted molar refractivity (Wildman–Crippen MR) is 82.6 cm³/mol. The second-order valence-electron chi connectivity index (χ2n) is 5.36. The number of pyridine rings is 1. The van der Waals surface area contributed by atoms with Crippen molar-refractivity contribution < 1.29 is 9.90 Å². The zero-order chi connectivity index (χ0) is 15.1. The number of carboxylic acids is 1. The zero-order valence-corrected chi connectivity index (χ0v) is 13.0. The number of aryl methyl sites for hydroxylation is 1. The molecule has 20 heavy (non-hydrogen) atoms. The van der Waals surface area contributed by atoms with Gasteiger partial charge in [0.25, 0.3) is 0 Å². The average Bonchev–Trinajstić information content (AvgIpc) is 2.42. The number of nitrogens with zero attached hydrogens (tertiary/aromatic N) is 2. The summed E-state index contributed by atoms with van der Waals surface area (Å²) in [6.45, 7) is 9.33. The lowest BCUT2D eigenvalue weighted by molar-refractivity contribution is 0.0696. The molecule has 0 spiro atoms. The van der Waals surface area contributed by atoms with Gasteiger partial charge in [-0.1, -0.05) is 26.7 Å². The number of aromatic nitrogens is 1. The normalized spacial score (nSPS) is 10.8. The molecule has 0 bridgehead atoms. The minimum Gasteiger partial charge on any atom is -0.478 e. The SMILES string of the molecule is CCCCCN(c1cc(C(=O)O)cc(CC)n1)C(C)C. The summed E-state index contributed by atoms with van der Waals surface area (Å²) in [6, 6.07) is 3.66. The second-order valence-corrected chi connectivity index (χ2v) is 5.36. The van der Waals surface area contributed by atoms with Crippen LogP contribution in [0.25, 0.3) is 0 Å². The number of carboxylic acid groups (broad SMARTS) is 1. The van der Waals surface area contributed by atoms with Gasteiger partial charge in [-0.25, -0.2) is 9.78 Å². The van der Waals surface area contributed by atoms with Crippen molar-refractivity contribution in [1.29, 1.82) is 0 Å². The van der Waals surface area contributed by atoms with E-state index in [0.29, 0.717) is 11.6 Å². The Morgan fingerprint density at radius 3 is 2.50 bits per heavy atom. The van der Waals surface area contributed by atoms with E-state index in [-0.39, 0.29) is 0 Å². The molecule has 4 nitrogen and oxygen atoms in total. The third kappa shape index (κ3) is 4.51. The summed E-state index contributed by atoms with van der Waals surface area (Å²) in [6.07, 6.45) is 4.21. The molecule has 1 N–H and O–H groups in total. The largest absolute Gasteiger partial charge is 0.478 e. The van der Waals surface area contributed by atoms with Gasteiger partial charge in [0.2, 0.25) is 0 Å². The van der Waals surface area contributed by atoms with E-state index < -0.39 is 5.97 Å². The maximum atomic E-state index is 11.2. The lowest BCUT2D eigenvalue weighted by atomic mass is 10.1. The Balaban J connectivity index is 3.05. The molecule has 1 rings (SSSR count). The van der Waals surface area contributed by atoms with Crippen LogP contribution < -0.4 is 4.90 Å². The third-order valence-electron chi connectivity index (χ3n) is 3.39. The minimum atomic E-state index is -0.888. The van der Waals surface area contributed by atoms with Crippen LogP contribution in [0, 0.1) is 0 Å². The van der Waals surface area contributed by atoms with Crippen LogP contribution in [0.2, 0.25) is 0 Å². The molecule has 0 saturated heterocycles. The van der Waals surface area contributed by atoms with E-state index in [2.05, 4.69) is 30.7 Å². The first-order valence-corrected chi connectivity index (χ1v) is 7.50. The van der Waals surface area contributed by atoms with Gasteiger partial charge in [0.15, 0.2) is 0 Å². The van der Waals surface area contributed by atoms with Crippen molar-refractivity contribution in [3.63, 3.8) is 0 Å².